The van der Waals surface area contributed by atoms with E-state index in [1.165, 1.54) is 5.56 Å². The van der Waals surface area contributed by atoms with Gasteiger partial charge in [0, 0.05) is 23.6 Å². The molecular formula is C17H17N3O. The van der Waals surface area contributed by atoms with Gasteiger partial charge in [-0.2, -0.15) is 0 Å². The predicted octanol–water partition coefficient (Wildman–Crippen LogP) is 3.80. The number of fused-ring (bicyclic) bond motifs is 1. The predicted molar refractivity (Wildman–Crippen MR) is 85.3 cm³/mol. The number of hydrogen-bond acceptors (Lipinski definition) is 1. The number of carbonyl (C=O) groups is 1. The number of benzene rings is 2. The van der Waals surface area contributed by atoms with Gasteiger partial charge in [0.05, 0.1) is 5.69 Å². The second-order valence-corrected chi connectivity index (χ2v) is 5.04. The van der Waals surface area contributed by atoms with Gasteiger partial charge in [-0.1, -0.05) is 35.9 Å². The Labute approximate surface area is 123 Å². The maximum absolute atomic E-state index is 12.0. The van der Waals surface area contributed by atoms with E-state index < -0.39 is 0 Å². The van der Waals surface area contributed by atoms with Crippen LogP contribution >= 0.6 is 0 Å². The third-order valence-electron chi connectivity index (χ3n) is 3.42. The van der Waals surface area contributed by atoms with E-state index in [0.717, 1.165) is 22.2 Å². The third-order valence-corrected chi connectivity index (χ3v) is 3.42. The molecule has 0 saturated heterocycles. The zero-order valence-corrected chi connectivity index (χ0v) is 11.8. The van der Waals surface area contributed by atoms with E-state index in [1.807, 2.05) is 61.7 Å². The van der Waals surface area contributed by atoms with Gasteiger partial charge in [-0.15, -0.1) is 0 Å². The molecule has 1 heterocycles. The van der Waals surface area contributed by atoms with Crippen molar-refractivity contribution < 1.29 is 4.79 Å². The van der Waals surface area contributed by atoms with Gasteiger partial charge in [0.25, 0.3) is 0 Å². The van der Waals surface area contributed by atoms with Gasteiger partial charge in [-0.25, -0.2) is 4.79 Å². The number of H-pyrrole nitrogens is 1. The molecule has 0 fully saturated rings. The van der Waals surface area contributed by atoms with Crippen molar-refractivity contribution in [3.63, 3.8) is 0 Å². The zero-order chi connectivity index (χ0) is 14.7. The summed E-state index contributed by atoms with van der Waals surface area (Å²) in [4.78, 5) is 15.1. The molecule has 0 aliphatic heterocycles. The fourth-order valence-corrected chi connectivity index (χ4v) is 2.25. The van der Waals surface area contributed by atoms with Crippen LogP contribution in [0.25, 0.3) is 10.9 Å². The summed E-state index contributed by atoms with van der Waals surface area (Å²) in [6.07, 6.45) is 1.86. The van der Waals surface area contributed by atoms with E-state index in [1.54, 1.807) is 0 Å². The van der Waals surface area contributed by atoms with Gasteiger partial charge >= 0.3 is 6.03 Å². The summed E-state index contributed by atoms with van der Waals surface area (Å²) in [7, 11) is 0. The third kappa shape index (κ3) is 3.05. The number of urea groups is 1. The van der Waals surface area contributed by atoms with Crippen LogP contribution in [0.15, 0.2) is 54.7 Å². The normalized spacial score (nSPS) is 10.5. The van der Waals surface area contributed by atoms with Gasteiger partial charge in [0.15, 0.2) is 0 Å². The van der Waals surface area contributed by atoms with Gasteiger partial charge < -0.3 is 15.6 Å². The number of anilines is 1. The fourth-order valence-electron chi connectivity index (χ4n) is 2.25. The van der Waals surface area contributed by atoms with Crippen LogP contribution in [0.2, 0.25) is 0 Å². The summed E-state index contributed by atoms with van der Waals surface area (Å²) in [6, 6.07) is 15.6. The first kappa shape index (κ1) is 13.2. The zero-order valence-electron chi connectivity index (χ0n) is 11.8. The second kappa shape index (κ2) is 5.71. The van der Waals surface area contributed by atoms with Gasteiger partial charge in [0.2, 0.25) is 0 Å². The van der Waals surface area contributed by atoms with Crippen molar-refractivity contribution in [3.05, 3.63) is 65.9 Å². The largest absolute Gasteiger partial charge is 0.361 e. The number of aromatic nitrogens is 1. The second-order valence-electron chi connectivity index (χ2n) is 5.04. The van der Waals surface area contributed by atoms with Crippen LogP contribution in [0.4, 0.5) is 10.5 Å². The minimum atomic E-state index is -0.204. The molecule has 0 saturated carbocycles. The number of rotatable bonds is 3. The highest BCUT2D eigenvalue weighted by Gasteiger charge is 2.05. The molecule has 4 nitrogen and oxygen atoms in total. The minimum absolute atomic E-state index is 0.204. The molecule has 4 heteroatoms. The minimum Gasteiger partial charge on any atom is -0.361 e. The van der Waals surface area contributed by atoms with Crippen LogP contribution in [0.3, 0.4) is 0 Å². The molecule has 0 radical (unpaired) electrons. The number of aryl methyl sites for hydroxylation is 1. The molecule has 0 atom stereocenters. The van der Waals surface area contributed by atoms with E-state index in [0.29, 0.717) is 6.54 Å². The maximum Gasteiger partial charge on any atom is 0.319 e. The Kier molecular flexibility index (Phi) is 3.60. The lowest BCUT2D eigenvalue weighted by Gasteiger charge is -2.09. The molecule has 3 rings (SSSR count). The van der Waals surface area contributed by atoms with Gasteiger partial charge in [0.1, 0.15) is 0 Å². The number of hydrogen-bond donors (Lipinski definition) is 3. The molecule has 0 unspecified atom stereocenters. The van der Waals surface area contributed by atoms with E-state index in [4.69, 9.17) is 0 Å². The molecule has 0 spiro atoms. The van der Waals surface area contributed by atoms with Crippen molar-refractivity contribution >= 4 is 22.6 Å². The lowest BCUT2D eigenvalue weighted by Crippen LogP contribution is -2.28. The first-order valence-corrected chi connectivity index (χ1v) is 6.89. The van der Waals surface area contributed by atoms with Crippen LogP contribution in [-0.2, 0) is 6.54 Å². The van der Waals surface area contributed by atoms with Crippen molar-refractivity contribution in [2.75, 3.05) is 5.32 Å². The standard InChI is InChI=1S/C17H17N3O/c1-12-5-7-13(8-6-12)11-19-17(21)20-16-4-2-3-15-14(16)9-10-18-15/h2-10,18H,11H2,1H3,(H2,19,20,21). The average Bonchev–Trinajstić information content (AvgIpc) is 2.96. The van der Waals surface area contributed by atoms with Crippen molar-refractivity contribution in [2.45, 2.75) is 13.5 Å². The quantitative estimate of drug-likeness (QED) is 0.671. The monoisotopic (exact) mass is 279 g/mol. The Morgan fingerprint density at radius 1 is 1.10 bits per heavy atom. The highest BCUT2D eigenvalue weighted by molar-refractivity contribution is 6.00. The topological polar surface area (TPSA) is 56.9 Å². The van der Waals surface area contributed by atoms with Crippen molar-refractivity contribution in [2.24, 2.45) is 0 Å². The fraction of sp³-hybridized carbons (Fsp3) is 0.118. The van der Waals surface area contributed by atoms with Crippen LogP contribution in [0.5, 0.6) is 0 Å². The number of amides is 2. The molecular weight excluding hydrogens is 262 g/mol. The molecule has 0 bridgehead atoms. The molecule has 3 N–H and O–H groups in total. The molecule has 2 amide bonds. The van der Waals surface area contributed by atoms with Crippen molar-refractivity contribution in [3.8, 4) is 0 Å². The number of nitrogens with one attached hydrogen (secondary N) is 3. The first-order chi connectivity index (χ1) is 10.2. The smallest absolute Gasteiger partial charge is 0.319 e. The average molecular weight is 279 g/mol. The number of carbonyl (C=O) groups excluding carboxylic acids is 1. The Hall–Kier alpha value is -2.75. The Bertz CT molecular complexity index is 759. The molecule has 0 aliphatic rings. The van der Waals surface area contributed by atoms with E-state index in [9.17, 15) is 4.79 Å². The summed E-state index contributed by atoms with van der Waals surface area (Å²) in [5.41, 5.74) is 4.10. The van der Waals surface area contributed by atoms with Crippen LogP contribution < -0.4 is 10.6 Å². The molecule has 3 aromatic rings. The SMILES string of the molecule is Cc1ccc(CNC(=O)Nc2cccc3[nH]ccc23)cc1. The van der Waals surface area contributed by atoms with Crippen molar-refractivity contribution in [1.29, 1.82) is 0 Å². The lowest BCUT2D eigenvalue weighted by molar-refractivity contribution is 0.252. The summed E-state index contributed by atoms with van der Waals surface area (Å²) in [5.74, 6) is 0. The lowest BCUT2D eigenvalue weighted by atomic mass is 10.1. The van der Waals surface area contributed by atoms with Crippen LogP contribution in [0, 0.1) is 6.92 Å². The van der Waals surface area contributed by atoms with E-state index in [2.05, 4.69) is 15.6 Å². The highest BCUT2D eigenvalue weighted by Crippen LogP contribution is 2.21. The summed E-state index contributed by atoms with van der Waals surface area (Å²) >= 11 is 0. The Balaban J connectivity index is 1.64. The molecule has 106 valence electrons. The van der Waals surface area contributed by atoms with Gasteiger partial charge in [-0.05, 0) is 30.7 Å². The number of aromatic amines is 1. The highest BCUT2D eigenvalue weighted by atomic mass is 16.2. The Morgan fingerprint density at radius 2 is 1.90 bits per heavy atom. The van der Waals surface area contributed by atoms with Gasteiger partial charge in [-0.3, -0.25) is 0 Å². The molecule has 21 heavy (non-hydrogen) atoms. The maximum atomic E-state index is 12.0. The van der Waals surface area contributed by atoms with Crippen molar-refractivity contribution in [1.82, 2.24) is 10.3 Å². The molecule has 0 aliphatic carbocycles. The summed E-state index contributed by atoms with van der Waals surface area (Å²) < 4.78 is 0. The first-order valence-electron chi connectivity index (χ1n) is 6.89. The summed E-state index contributed by atoms with van der Waals surface area (Å²) in [5, 5.41) is 6.75. The summed E-state index contributed by atoms with van der Waals surface area (Å²) in [6.45, 7) is 2.55. The molecule has 1 aromatic heterocycles. The van der Waals surface area contributed by atoms with Crippen LogP contribution in [-0.4, -0.2) is 11.0 Å². The van der Waals surface area contributed by atoms with E-state index >= 15 is 0 Å². The van der Waals surface area contributed by atoms with Crippen LogP contribution in [0.1, 0.15) is 11.1 Å². The Morgan fingerprint density at radius 3 is 2.71 bits per heavy atom. The van der Waals surface area contributed by atoms with E-state index in [-0.39, 0.29) is 6.03 Å². The molecule has 2 aromatic carbocycles.